The average molecular weight is 707 g/mol. The second kappa shape index (κ2) is 22.7. The lowest BCUT2D eigenvalue weighted by Crippen LogP contribution is -2.52. The summed E-state index contributed by atoms with van der Waals surface area (Å²) in [6.07, 6.45) is -4.32. The van der Waals surface area contributed by atoms with Crippen LogP contribution < -0.4 is 0 Å². The van der Waals surface area contributed by atoms with E-state index in [9.17, 15) is 10.2 Å². The van der Waals surface area contributed by atoms with Crippen LogP contribution in [0.25, 0.3) is 0 Å². The highest BCUT2D eigenvalue weighted by Crippen LogP contribution is 2.21. The highest BCUT2D eigenvalue weighted by molar-refractivity contribution is 5.16. The summed E-state index contributed by atoms with van der Waals surface area (Å²) in [4.78, 5) is 0. The third kappa shape index (κ3) is 13.7. The van der Waals surface area contributed by atoms with Crippen LogP contribution in [-0.2, 0) is 61.5 Å². The maximum atomic E-state index is 11.8. The molecule has 0 aromatic heterocycles. The molecule has 52 heavy (non-hydrogen) atoms. The molecular formula is C44H50O8. The molecule has 0 bridgehead atoms. The Morgan fingerprint density at radius 1 is 0.385 bits per heavy atom. The largest absolute Gasteiger partial charge is 0.394 e. The van der Waals surface area contributed by atoms with Crippen LogP contribution in [0, 0.1) is 0 Å². The van der Waals surface area contributed by atoms with Crippen LogP contribution in [0.15, 0.2) is 152 Å². The van der Waals surface area contributed by atoms with E-state index < -0.39 is 30.5 Å². The number of benzene rings is 5. The average Bonchev–Trinajstić information content (AvgIpc) is 3.20. The molecule has 0 aliphatic heterocycles. The Morgan fingerprint density at radius 3 is 1.21 bits per heavy atom. The fraction of sp³-hybridized carbons (Fsp3) is 0.318. The lowest BCUT2D eigenvalue weighted by molar-refractivity contribution is -0.201. The van der Waals surface area contributed by atoms with Crippen LogP contribution in [-0.4, -0.2) is 67.2 Å². The van der Waals surface area contributed by atoms with Crippen molar-refractivity contribution in [2.24, 2.45) is 0 Å². The van der Waals surface area contributed by atoms with Gasteiger partial charge in [0.15, 0.2) is 0 Å². The standard InChI is InChI=1S/C44H50O8/c45-26-42(50-30-38-22-12-4-13-23-38)44(51-31-39-24-14-5-15-25-39)43(41(46)34-48-28-36-18-8-2-9-19-36)52-33-40(49-29-37-20-10-3-11-21-37)32-47-27-35-16-6-1-7-17-35/h1-25,40-46H,26-34H2/t40-,41+,42-,43+,44+/m0/s1. The zero-order valence-corrected chi connectivity index (χ0v) is 29.5. The number of aliphatic hydroxyl groups excluding tert-OH is 2. The molecule has 0 aliphatic carbocycles. The van der Waals surface area contributed by atoms with Crippen LogP contribution in [0.2, 0.25) is 0 Å². The summed E-state index contributed by atoms with van der Waals surface area (Å²) >= 11 is 0. The summed E-state index contributed by atoms with van der Waals surface area (Å²) in [5.41, 5.74) is 4.91. The summed E-state index contributed by atoms with van der Waals surface area (Å²) in [6, 6.07) is 49.1. The molecule has 5 aromatic rings. The predicted molar refractivity (Wildman–Crippen MR) is 200 cm³/mol. The van der Waals surface area contributed by atoms with E-state index in [-0.39, 0.29) is 39.6 Å². The van der Waals surface area contributed by atoms with E-state index in [1.165, 1.54) is 0 Å². The van der Waals surface area contributed by atoms with E-state index in [1.807, 2.05) is 152 Å². The van der Waals surface area contributed by atoms with Gasteiger partial charge in [-0.3, -0.25) is 0 Å². The molecule has 5 aromatic carbocycles. The van der Waals surface area contributed by atoms with Crippen molar-refractivity contribution in [2.75, 3.05) is 26.4 Å². The maximum absolute atomic E-state index is 11.8. The fourth-order valence-corrected chi connectivity index (χ4v) is 5.63. The smallest absolute Gasteiger partial charge is 0.115 e. The van der Waals surface area contributed by atoms with Crippen molar-refractivity contribution in [1.29, 1.82) is 0 Å². The molecule has 0 unspecified atom stereocenters. The van der Waals surface area contributed by atoms with Crippen molar-refractivity contribution in [3.05, 3.63) is 179 Å². The Bertz CT molecular complexity index is 1610. The molecule has 0 amide bonds. The third-order valence-electron chi connectivity index (χ3n) is 8.46. The molecule has 274 valence electrons. The second-order valence-electron chi connectivity index (χ2n) is 12.6. The zero-order chi connectivity index (χ0) is 36.1. The van der Waals surface area contributed by atoms with Gasteiger partial charge in [-0.25, -0.2) is 0 Å². The Morgan fingerprint density at radius 2 is 0.769 bits per heavy atom. The monoisotopic (exact) mass is 706 g/mol. The molecule has 8 heteroatoms. The van der Waals surface area contributed by atoms with E-state index in [0.717, 1.165) is 27.8 Å². The molecule has 0 saturated carbocycles. The summed E-state index contributed by atoms with van der Waals surface area (Å²) in [5.74, 6) is 0. The lowest BCUT2D eigenvalue weighted by Gasteiger charge is -2.36. The number of hydrogen-bond acceptors (Lipinski definition) is 8. The zero-order valence-electron chi connectivity index (χ0n) is 29.5. The van der Waals surface area contributed by atoms with Crippen LogP contribution in [0.1, 0.15) is 27.8 Å². The molecule has 2 N–H and O–H groups in total. The van der Waals surface area contributed by atoms with Crippen LogP contribution in [0.4, 0.5) is 0 Å². The van der Waals surface area contributed by atoms with E-state index in [0.29, 0.717) is 19.8 Å². The van der Waals surface area contributed by atoms with Gasteiger partial charge in [-0.2, -0.15) is 0 Å². The quantitative estimate of drug-likeness (QED) is 0.0715. The first-order valence-corrected chi connectivity index (χ1v) is 17.8. The highest BCUT2D eigenvalue weighted by Gasteiger charge is 2.37. The highest BCUT2D eigenvalue weighted by atomic mass is 16.6. The van der Waals surface area contributed by atoms with Crippen molar-refractivity contribution in [2.45, 2.75) is 63.6 Å². The first-order valence-electron chi connectivity index (χ1n) is 17.8. The predicted octanol–water partition coefficient (Wildman–Crippen LogP) is 6.91. The minimum atomic E-state index is -1.14. The number of ether oxygens (including phenoxy) is 6. The van der Waals surface area contributed by atoms with Crippen molar-refractivity contribution in [3.8, 4) is 0 Å². The molecule has 0 spiro atoms. The van der Waals surface area contributed by atoms with Crippen molar-refractivity contribution < 1.29 is 38.6 Å². The van der Waals surface area contributed by atoms with Gasteiger partial charge in [0.25, 0.3) is 0 Å². The molecule has 0 radical (unpaired) electrons. The van der Waals surface area contributed by atoms with Gasteiger partial charge in [0, 0.05) is 0 Å². The molecule has 0 aliphatic rings. The second-order valence-corrected chi connectivity index (χ2v) is 12.6. The van der Waals surface area contributed by atoms with Gasteiger partial charge in [-0.1, -0.05) is 152 Å². The van der Waals surface area contributed by atoms with Crippen molar-refractivity contribution >= 4 is 0 Å². The Hall–Kier alpha value is -4.22. The molecule has 0 fully saturated rings. The first-order chi connectivity index (χ1) is 25.7. The Labute approximate surface area is 307 Å². The summed E-state index contributed by atoms with van der Waals surface area (Å²) in [7, 11) is 0. The molecule has 0 heterocycles. The first kappa shape index (κ1) is 39.0. The van der Waals surface area contributed by atoms with Crippen LogP contribution >= 0.6 is 0 Å². The molecule has 5 rings (SSSR count). The van der Waals surface area contributed by atoms with Crippen LogP contribution in [0.5, 0.6) is 0 Å². The SMILES string of the molecule is OC[C@H](OCc1ccccc1)[C@@H](OCc1ccccc1)[C@H](OC[C@H](COCc1ccccc1)OCc1ccccc1)[C@H](O)COCc1ccccc1. The molecule has 8 nitrogen and oxygen atoms in total. The van der Waals surface area contributed by atoms with Gasteiger partial charge < -0.3 is 38.6 Å². The third-order valence-corrected chi connectivity index (χ3v) is 8.46. The van der Waals surface area contributed by atoms with Gasteiger partial charge in [-0.05, 0) is 27.8 Å². The van der Waals surface area contributed by atoms with E-state index >= 15 is 0 Å². The normalized spacial score (nSPS) is 14.3. The van der Waals surface area contributed by atoms with Crippen molar-refractivity contribution in [1.82, 2.24) is 0 Å². The van der Waals surface area contributed by atoms with Gasteiger partial charge >= 0.3 is 0 Å². The summed E-state index contributed by atoms with van der Waals surface area (Å²) < 4.78 is 37.9. The van der Waals surface area contributed by atoms with Crippen molar-refractivity contribution in [3.63, 3.8) is 0 Å². The van der Waals surface area contributed by atoms with Gasteiger partial charge in [0.05, 0.1) is 59.5 Å². The van der Waals surface area contributed by atoms with Gasteiger partial charge in [0.1, 0.15) is 30.5 Å². The minimum absolute atomic E-state index is 0.0400. The number of hydrogen-bond donors (Lipinski definition) is 2. The molecule has 5 atom stereocenters. The molecule has 0 saturated heterocycles. The van der Waals surface area contributed by atoms with E-state index in [1.54, 1.807) is 0 Å². The summed E-state index contributed by atoms with van der Waals surface area (Å²) in [6.45, 7) is 1.44. The minimum Gasteiger partial charge on any atom is -0.394 e. The fourth-order valence-electron chi connectivity index (χ4n) is 5.63. The lowest BCUT2D eigenvalue weighted by atomic mass is 10.0. The Balaban J connectivity index is 1.35. The topological polar surface area (TPSA) is 95.8 Å². The Kier molecular flexibility index (Phi) is 17.0. The molecular weight excluding hydrogens is 656 g/mol. The van der Waals surface area contributed by atoms with Crippen LogP contribution in [0.3, 0.4) is 0 Å². The summed E-state index contributed by atoms with van der Waals surface area (Å²) in [5, 5.41) is 22.5. The van der Waals surface area contributed by atoms with Gasteiger partial charge in [0.2, 0.25) is 0 Å². The van der Waals surface area contributed by atoms with Gasteiger partial charge in [-0.15, -0.1) is 0 Å². The van der Waals surface area contributed by atoms with E-state index in [4.69, 9.17) is 28.4 Å². The maximum Gasteiger partial charge on any atom is 0.115 e. The number of rotatable bonds is 24. The van der Waals surface area contributed by atoms with E-state index in [2.05, 4.69) is 0 Å². The number of aliphatic hydroxyl groups is 2.